The molecule has 5 nitrogen and oxygen atoms in total. The molecular weight excluding hydrogens is 344 g/mol. The van der Waals surface area contributed by atoms with Crippen molar-refractivity contribution in [3.05, 3.63) is 23.3 Å². The molecule has 7 atom stereocenters. The van der Waals surface area contributed by atoms with E-state index in [-0.39, 0.29) is 35.9 Å². The molecule has 1 N–H and O–H groups in total. The molecule has 0 heterocycles. The molecule has 0 spiro atoms. The monoisotopic (exact) mass is 376 g/mol. The molecule has 27 heavy (non-hydrogen) atoms. The highest BCUT2D eigenvalue weighted by Crippen LogP contribution is 2.50. The molecule has 0 aromatic rings. The molecule has 2 fully saturated rings. The van der Waals surface area contributed by atoms with E-state index in [4.69, 9.17) is 4.74 Å². The minimum Gasteiger partial charge on any atom is -0.462 e. The molecule has 7 unspecified atom stereocenters. The van der Waals surface area contributed by atoms with Gasteiger partial charge in [-0.25, -0.2) is 0 Å². The van der Waals surface area contributed by atoms with Crippen LogP contribution in [0, 0.1) is 29.6 Å². The van der Waals surface area contributed by atoms with Gasteiger partial charge in [0, 0.05) is 19.3 Å². The number of Topliss-reactive ketones (excluding diaryl/α,β-unsaturated/α-hetero) is 1. The van der Waals surface area contributed by atoms with Crippen molar-refractivity contribution >= 4 is 18.0 Å². The number of esters is 1. The van der Waals surface area contributed by atoms with Crippen molar-refractivity contribution in [2.45, 2.75) is 66.1 Å². The van der Waals surface area contributed by atoms with Crippen LogP contribution in [0.25, 0.3) is 0 Å². The van der Waals surface area contributed by atoms with Crippen LogP contribution in [-0.4, -0.2) is 35.4 Å². The molecule has 2 saturated carbocycles. The predicted octanol–water partition coefficient (Wildman–Crippen LogP) is 3.26. The Morgan fingerprint density at radius 2 is 1.89 bits per heavy atom. The summed E-state index contributed by atoms with van der Waals surface area (Å²) in [5.41, 5.74) is 2.34. The van der Waals surface area contributed by atoms with Crippen LogP contribution in [0.1, 0.15) is 53.9 Å². The fraction of sp³-hybridized carbons (Fsp3) is 0.682. The van der Waals surface area contributed by atoms with Crippen LogP contribution in [-0.2, 0) is 19.1 Å². The quantitative estimate of drug-likeness (QED) is 0.437. The Hall–Kier alpha value is -1.75. The summed E-state index contributed by atoms with van der Waals surface area (Å²) in [6.45, 7) is 9.33. The smallest absolute Gasteiger partial charge is 0.302 e. The van der Waals surface area contributed by atoms with E-state index in [1.54, 1.807) is 0 Å². The van der Waals surface area contributed by atoms with Crippen molar-refractivity contribution < 1.29 is 24.2 Å². The number of hydrogen-bond donors (Lipinski definition) is 1. The zero-order valence-electron chi connectivity index (χ0n) is 17.0. The predicted molar refractivity (Wildman–Crippen MR) is 103 cm³/mol. The highest BCUT2D eigenvalue weighted by Gasteiger charge is 2.54. The molecule has 5 heteroatoms. The van der Waals surface area contributed by atoms with Gasteiger partial charge in [0.15, 0.2) is 0 Å². The molecule has 0 radical (unpaired) electrons. The van der Waals surface area contributed by atoms with Crippen molar-refractivity contribution in [2.24, 2.45) is 29.6 Å². The third kappa shape index (κ3) is 4.75. The van der Waals surface area contributed by atoms with Crippen molar-refractivity contribution in [2.75, 3.05) is 0 Å². The SMILES string of the molecule is CC(=O)OC1CC(C(C)=CCC=C(C)C)C(C2C(=O)CC(O)C2C)C1C=O. The van der Waals surface area contributed by atoms with E-state index in [2.05, 4.69) is 12.2 Å². The van der Waals surface area contributed by atoms with Gasteiger partial charge in [-0.15, -0.1) is 0 Å². The van der Waals surface area contributed by atoms with Gasteiger partial charge in [0.25, 0.3) is 0 Å². The summed E-state index contributed by atoms with van der Waals surface area (Å²) in [6.07, 6.45) is 5.38. The zero-order valence-corrected chi connectivity index (χ0v) is 17.0. The van der Waals surface area contributed by atoms with E-state index in [1.165, 1.54) is 12.5 Å². The molecule has 2 aliphatic carbocycles. The van der Waals surface area contributed by atoms with Crippen LogP contribution in [0.4, 0.5) is 0 Å². The third-order valence-electron chi connectivity index (χ3n) is 6.22. The first-order chi connectivity index (χ1) is 12.7. The lowest BCUT2D eigenvalue weighted by Gasteiger charge is -2.31. The summed E-state index contributed by atoms with van der Waals surface area (Å²) in [5, 5.41) is 10.2. The maximum absolute atomic E-state index is 12.6. The molecule has 0 bridgehead atoms. The van der Waals surface area contributed by atoms with Gasteiger partial charge in [0.1, 0.15) is 18.2 Å². The summed E-state index contributed by atoms with van der Waals surface area (Å²) in [4.78, 5) is 36.1. The van der Waals surface area contributed by atoms with Crippen LogP contribution in [0.2, 0.25) is 0 Å². The van der Waals surface area contributed by atoms with Crippen LogP contribution >= 0.6 is 0 Å². The van der Waals surface area contributed by atoms with E-state index >= 15 is 0 Å². The summed E-state index contributed by atoms with van der Waals surface area (Å²) >= 11 is 0. The van der Waals surface area contributed by atoms with Gasteiger partial charge in [-0.05, 0) is 51.4 Å². The summed E-state index contributed by atoms with van der Waals surface area (Å²) in [6, 6.07) is 0. The van der Waals surface area contributed by atoms with Gasteiger partial charge in [0.05, 0.1) is 12.0 Å². The van der Waals surface area contributed by atoms with Crippen molar-refractivity contribution in [1.82, 2.24) is 0 Å². The van der Waals surface area contributed by atoms with Crippen LogP contribution in [0.15, 0.2) is 23.3 Å². The lowest BCUT2D eigenvalue weighted by atomic mass is 9.72. The first-order valence-corrected chi connectivity index (χ1v) is 9.80. The van der Waals surface area contributed by atoms with Gasteiger partial charge < -0.3 is 14.6 Å². The maximum Gasteiger partial charge on any atom is 0.302 e. The minimum absolute atomic E-state index is 0.0115. The number of hydrogen-bond acceptors (Lipinski definition) is 5. The van der Waals surface area contributed by atoms with E-state index < -0.39 is 24.1 Å². The topological polar surface area (TPSA) is 80.7 Å². The van der Waals surface area contributed by atoms with Crippen LogP contribution in [0.3, 0.4) is 0 Å². The Balaban J connectivity index is 2.38. The Morgan fingerprint density at radius 1 is 1.22 bits per heavy atom. The molecule has 2 aliphatic rings. The molecule has 0 saturated heterocycles. The Labute approximate surface area is 161 Å². The van der Waals surface area contributed by atoms with Crippen molar-refractivity contribution in [1.29, 1.82) is 0 Å². The Kier molecular flexibility index (Phi) is 7.15. The molecule has 0 aliphatic heterocycles. The normalized spacial score (nSPS) is 36.6. The van der Waals surface area contributed by atoms with E-state index in [0.717, 1.165) is 18.3 Å². The minimum atomic E-state index is -0.668. The van der Waals surface area contributed by atoms with Gasteiger partial charge in [-0.1, -0.05) is 30.2 Å². The lowest BCUT2D eigenvalue weighted by Crippen LogP contribution is -2.35. The van der Waals surface area contributed by atoms with Gasteiger partial charge in [-0.2, -0.15) is 0 Å². The number of aliphatic hydroxyl groups is 1. The number of carbonyl (C=O) groups excluding carboxylic acids is 3. The highest BCUT2D eigenvalue weighted by atomic mass is 16.5. The number of carbonyl (C=O) groups is 3. The summed E-state index contributed by atoms with van der Waals surface area (Å²) in [5.74, 6) is -1.76. The first-order valence-electron chi connectivity index (χ1n) is 9.80. The maximum atomic E-state index is 12.6. The summed E-state index contributed by atoms with van der Waals surface area (Å²) < 4.78 is 5.44. The second kappa shape index (κ2) is 8.96. The number of ketones is 1. The number of aldehydes is 1. The molecule has 0 aromatic carbocycles. The molecule has 0 aromatic heterocycles. The number of aliphatic hydroxyl groups excluding tert-OH is 1. The fourth-order valence-corrected chi connectivity index (χ4v) is 4.84. The number of ether oxygens (including phenoxy) is 1. The van der Waals surface area contributed by atoms with Gasteiger partial charge >= 0.3 is 5.97 Å². The van der Waals surface area contributed by atoms with E-state index in [0.29, 0.717) is 6.42 Å². The average molecular weight is 376 g/mol. The Morgan fingerprint density at radius 3 is 2.37 bits per heavy atom. The van der Waals surface area contributed by atoms with E-state index in [1.807, 2.05) is 27.7 Å². The van der Waals surface area contributed by atoms with Crippen molar-refractivity contribution in [3.8, 4) is 0 Å². The molecule has 0 amide bonds. The second-order valence-electron chi connectivity index (χ2n) is 8.37. The first kappa shape index (κ1) is 21.5. The highest BCUT2D eigenvalue weighted by molar-refractivity contribution is 5.85. The lowest BCUT2D eigenvalue weighted by molar-refractivity contribution is -0.149. The molecule has 2 rings (SSSR count). The molecular formula is C22H32O5. The molecule has 150 valence electrons. The van der Waals surface area contributed by atoms with Crippen LogP contribution < -0.4 is 0 Å². The second-order valence-corrected chi connectivity index (χ2v) is 8.37. The van der Waals surface area contributed by atoms with Crippen LogP contribution in [0.5, 0.6) is 0 Å². The summed E-state index contributed by atoms with van der Waals surface area (Å²) in [7, 11) is 0. The Bertz CT molecular complexity index is 643. The van der Waals surface area contributed by atoms with Gasteiger partial charge in [0.2, 0.25) is 0 Å². The number of rotatable bonds is 6. The number of allylic oxidation sites excluding steroid dienone is 4. The largest absolute Gasteiger partial charge is 0.462 e. The zero-order chi connectivity index (χ0) is 20.3. The van der Waals surface area contributed by atoms with Gasteiger partial charge in [-0.3, -0.25) is 9.59 Å². The third-order valence-corrected chi connectivity index (χ3v) is 6.22. The van der Waals surface area contributed by atoms with Crippen molar-refractivity contribution in [3.63, 3.8) is 0 Å². The van der Waals surface area contributed by atoms with E-state index in [9.17, 15) is 19.5 Å². The standard InChI is InChI=1S/C22H32O5/c1-12(2)7-6-8-13(3)16-9-20(27-15(5)24)17(11-23)22(16)21-14(4)18(25)10-19(21)26/h7-8,11,14,16-18,20-22,25H,6,9-10H2,1-5H3. The fourth-order valence-electron chi connectivity index (χ4n) is 4.84. The average Bonchev–Trinajstić information content (AvgIpc) is 3.03.